The number of nitrogens with two attached hydrogens (primary N) is 1. The average molecular weight is 427 g/mol. The Morgan fingerprint density at radius 2 is 1.48 bits per heavy atom. The molecule has 170 valence electrons. The number of aliphatic hydroxyl groups is 5. The molecule has 1 heterocycles. The Morgan fingerprint density at radius 1 is 1.03 bits per heavy atom. The molecule has 0 aromatic rings. The van der Waals surface area contributed by atoms with Crippen molar-refractivity contribution in [3.05, 3.63) is 0 Å². The van der Waals surface area contributed by atoms with Crippen LogP contribution in [0.25, 0.3) is 0 Å². The smallest absolute Gasteiger partial charge is 0.335 e. The SMILES string of the molecule is CC1(C)O[C@@H]2[C@H](O1)[C@@H](OCCO)C[C@H]2N.O=C(O)[C@H](O)[C@H](O)[C@H](O)[C@@H](O)C(=O)O. The minimum absolute atomic E-state index is 0.0212. The third kappa shape index (κ3) is 6.80. The molecule has 13 nitrogen and oxygen atoms in total. The molecule has 9 N–H and O–H groups in total. The monoisotopic (exact) mass is 427 g/mol. The molecule has 0 unspecified atom stereocenters. The molecule has 0 aromatic heterocycles. The van der Waals surface area contributed by atoms with E-state index in [9.17, 15) is 9.59 Å². The molecule has 2 rings (SSSR count). The quantitative estimate of drug-likeness (QED) is 0.186. The van der Waals surface area contributed by atoms with E-state index in [1.54, 1.807) is 0 Å². The first-order valence-corrected chi connectivity index (χ1v) is 8.84. The van der Waals surface area contributed by atoms with Crippen LogP contribution >= 0.6 is 0 Å². The molecule has 2 fully saturated rings. The Bertz CT molecular complexity index is 534. The molecule has 1 aliphatic carbocycles. The summed E-state index contributed by atoms with van der Waals surface area (Å²) in [4.78, 5) is 20.2. The molecule has 8 atom stereocenters. The maximum atomic E-state index is 10.1. The molecule has 1 saturated carbocycles. The van der Waals surface area contributed by atoms with Gasteiger partial charge < -0.3 is 55.7 Å². The first-order chi connectivity index (χ1) is 13.3. The number of carbonyl (C=O) groups is 2. The zero-order valence-electron chi connectivity index (χ0n) is 16.0. The summed E-state index contributed by atoms with van der Waals surface area (Å²) in [5, 5.41) is 60.2. The van der Waals surface area contributed by atoms with E-state index in [1.807, 2.05) is 13.8 Å². The second kappa shape index (κ2) is 10.6. The molecule has 0 bridgehead atoms. The number of fused-ring (bicyclic) bond motifs is 1. The van der Waals surface area contributed by atoms with E-state index in [0.717, 1.165) is 6.42 Å². The lowest BCUT2D eigenvalue weighted by Gasteiger charge is -2.22. The fourth-order valence-electron chi connectivity index (χ4n) is 3.00. The van der Waals surface area contributed by atoms with Crippen molar-refractivity contribution in [2.24, 2.45) is 5.73 Å². The molecule has 29 heavy (non-hydrogen) atoms. The summed E-state index contributed by atoms with van der Waals surface area (Å²) >= 11 is 0. The third-order valence-electron chi connectivity index (χ3n) is 4.38. The van der Waals surface area contributed by atoms with Crippen LogP contribution < -0.4 is 5.73 Å². The predicted molar refractivity (Wildman–Crippen MR) is 92.5 cm³/mol. The summed E-state index contributed by atoms with van der Waals surface area (Å²) in [5.74, 6) is -4.25. The van der Waals surface area contributed by atoms with Crippen molar-refractivity contribution in [2.45, 2.75) is 74.8 Å². The molecular weight excluding hydrogens is 398 g/mol. The highest BCUT2D eigenvalue weighted by Gasteiger charge is 2.53. The van der Waals surface area contributed by atoms with E-state index < -0.39 is 42.1 Å². The second-order valence-corrected chi connectivity index (χ2v) is 7.14. The second-order valence-electron chi connectivity index (χ2n) is 7.14. The van der Waals surface area contributed by atoms with E-state index >= 15 is 0 Å². The van der Waals surface area contributed by atoms with Crippen molar-refractivity contribution in [1.82, 2.24) is 0 Å². The van der Waals surface area contributed by atoms with Crippen molar-refractivity contribution in [3.8, 4) is 0 Å². The van der Waals surface area contributed by atoms with Crippen LogP contribution in [0.4, 0.5) is 0 Å². The van der Waals surface area contributed by atoms with Gasteiger partial charge in [-0.25, -0.2) is 9.59 Å². The maximum absolute atomic E-state index is 10.1. The Balaban J connectivity index is 0.000000291. The summed E-state index contributed by atoms with van der Waals surface area (Å²) in [6.45, 7) is 4.10. The van der Waals surface area contributed by atoms with Gasteiger partial charge in [-0.1, -0.05) is 0 Å². The van der Waals surface area contributed by atoms with Gasteiger partial charge in [-0.15, -0.1) is 0 Å². The van der Waals surface area contributed by atoms with Crippen LogP contribution in [-0.2, 0) is 23.8 Å². The van der Waals surface area contributed by atoms with Crippen molar-refractivity contribution in [3.63, 3.8) is 0 Å². The highest BCUT2D eigenvalue weighted by atomic mass is 16.8. The first kappa shape index (κ1) is 25.6. The number of hydrogen-bond acceptors (Lipinski definition) is 11. The highest BCUT2D eigenvalue weighted by molar-refractivity contribution is 5.75. The predicted octanol–water partition coefficient (Wildman–Crippen LogP) is -3.79. The van der Waals surface area contributed by atoms with Crippen LogP contribution in [0.15, 0.2) is 0 Å². The summed E-state index contributed by atoms with van der Waals surface area (Å²) in [6.07, 6.45) is -8.79. The van der Waals surface area contributed by atoms with E-state index in [2.05, 4.69) is 0 Å². The van der Waals surface area contributed by atoms with Crippen LogP contribution in [0.3, 0.4) is 0 Å². The van der Waals surface area contributed by atoms with Crippen molar-refractivity contribution >= 4 is 11.9 Å². The Labute approximate surface area is 166 Å². The minimum atomic E-state index is -2.36. The van der Waals surface area contributed by atoms with Gasteiger partial charge in [-0.05, 0) is 20.3 Å². The number of rotatable bonds is 8. The number of hydrogen-bond donors (Lipinski definition) is 8. The minimum Gasteiger partial charge on any atom is -0.479 e. The number of aliphatic hydroxyl groups excluding tert-OH is 5. The normalized spacial score (nSPS) is 31.7. The van der Waals surface area contributed by atoms with Crippen LogP contribution in [0.2, 0.25) is 0 Å². The first-order valence-electron chi connectivity index (χ1n) is 8.84. The van der Waals surface area contributed by atoms with Gasteiger partial charge in [0, 0.05) is 6.04 Å². The molecular formula is C16H29NO12. The van der Waals surface area contributed by atoms with Crippen LogP contribution in [0, 0.1) is 0 Å². The number of carboxylic acids is 2. The molecule has 0 amide bonds. The fourth-order valence-corrected chi connectivity index (χ4v) is 3.00. The van der Waals surface area contributed by atoms with Crippen LogP contribution in [-0.4, -0.2) is 115 Å². The van der Waals surface area contributed by atoms with Crippen LogP contribution in [0.1, 0.15) is 20.3 Å². The van der Waals surface area contributed by atoms with Crippen molar-refractivity contribution in [1.29, 1.82) is 0 Å². The maximum Gasteiger partial charge on any atom is 0.335 e. The van der Waals surface area contributed by atoms with Crippen molar-refractivity contribution < 1.29 is 59.5 Å². The molecule has 0 spiro atoms. The van der Waals surface area contributed by atoms with Gasteiger partial charge in [-0.2, -0.15) is 0 Å². The number of ether oxygens (including phenoxy) is 3. The molecule has 0 aromatic carbocycles. The van der Waals surface area contributed by atoms with Crippen molar-refractivity contribution in [2.75, 3.05) is 13.2 Å². The van der Waals surface area contributed by atoms with E-state index in [1.165, 1.54) is 0 Å². The van der Waals surface area contributed by atoms with E-state index in [0.29, 0.717) is 6.61 Å². The fraction of sp³-hybridized carbons (Fsp3) is 0.875. The molecule has 1 saturated heterocycles. The molecule has 13 heteroatoms. The zero-order chi connectivity index (χ0) is 22.5. The Hall–Kier alpha value is -1.42. The molecule has 1 aliphatic heterocycles. The van der Waals surface area contributed by atoms with Crippen LogP contribution in [0.5, 0.6) is 0 Å². The Morgan fingerprint density at radius 3 is 1.90 bits per heavy atom. The van der Waals surface area contributed by atoms with E-state index in [-0.39, 0.29) is 31.0 Å². The average Bonchev–Trinajstić information content (AvgIpc) is 3.11. The topological polar surface area (TPSA) is 229 Å². The van der Waals surface area contributed by atoms with Gasteiger partial charge in [0.2, 0.25) is 0 Å². The van der Waals surface area contributed by atoms with Gasteiger partial charge >= 0.3 is 11.9 Å². The van der Waals surface area contributed by atoms with Gasteiger partial charge in [0.05, 0.1) is 19.3 Å². The summed E-state index contributed by atoms with van der Waals surface area (Å²) in [6, 6.07) is -0.0412. The number of carboxylic acid groups (broad SMARTS) is 2. The lowest BCUT2D eigenvalue weighted by Crippen LogP contribution is -2.49. The summed E-state index contributed by atoms with van der Waals surface area (Å²) in [7, 11) is 0. The zero-order valence-corrected chi connectivity index (χ0v) is 16.0. The van der Waals surface area contributed by atoms with Gasteiger partial charge in [0.15, 0.2) is 18.0 Å². The molecule has 2 aliphatic rings. The summed E-state index contributed by atoms with van der Waals surface area (Å²) < 4.78 is 16.9. The van der Waals surface area contributed by atoms with Gasteiger partial charge in [0.25, 0.3) is 0 Å². The molecule has 0 radical (unpaired) electrons. The highest BCUT2D eigenvalue weighted by Crippen LogP contribution is 2.38. The third-order valence-corrected chi connectivity index (χ3v) is 4.38. The lowest BCUT2D eigenvalue weighted by atomic mass is 10.0. The standard InChI is InChI=1S/C10H19NO4.C6H10O8/c1-10(2)14-8-6(11)5-7(9(8)15-10)13-4-3-12;7-1(3(9)5(11)12)2(8)4(10)6(13)14/h6-9,12H,3-5,11H2,1-2H3;1-4,7-10H,(H,11,12)(H,13,14)/t6-,7+,8+,9-;1-,2+,3-,4-/m11/s1. The summed E-state index contributed by atoms with van der Waals surface area (Å²) in [5.41, 5.74) is 5.96. The largest absolute Gasteiger partial charge is 0.479 e. The Kier molecular flexibility index (Phi) is 9.33. The lowest BCUT2D eigenvalue weighted by molar-refractivity contribution is -0.172. The van der Waals surface area contributed by atoms with Gasteiger partial charge in [0.1, 0.15) is 24.4 Å². The number of aliphatic carboxylic acids is 2. The van der Waals surface area contributed by atoms with Gasteiger partial charge in [-0.3, -0.25) is 0 Å². The van der Waals surface area contributed by atoms with E-state index in [4.69, 9.17) is 55.7 Å².